The minimum atomic E-state index is -0.335. The van der Waals surface area contributed by atoms with Crippen LogP contribution in [0.3, 0.4) is 0 Å². The predicted octanol–water partition coefficient (Wildman–Crippen LogP) is 3.49. The minimum Gasteiger partial charge on any atom is -0.320 e. The number of hydrogen-bond acceptors (Lipinski definition) is 5. The molecule has 0 spiro atoms. The van der Waals surface area contributed by atoms with Crippen molar-refractivity contribution < 1.29 is 4.79 Å². The summed E-state index contributed by atoms with van der Waals surface area (Å²) in [6, 6.07) is 17.1. The first-order valence-electron chi connectivity index (χ1n) is 8.38. The van der Waals surface area contributed by atoms with Crippen molar-refractivity contribution in [2.45, 2.75) is 6.92 Å². The number of nitrogens with zero attached hydrogens (tertiary/aromatic N) is 4. The Kier molecular flexibility index (Phi) is 4.40. The van der Waals surface area contributed by atoms with E-state index < -0.39 is 0 Å². The molecule has 0 unspecified atom stereocenters. The molecular formula is C20H16N6O. The van der Waals surface area contributed by atoms with E-state index in [-0.39, 0.29) is 11.6 Å². The van der Waals surface area contributed by atoms with Crippen molar-refractivity contribution in [1.29, 1.82) is 0 Å². The summed E-state index contributed by atoms with van der Waals surface area (Å²) in [6.45, 7) is 1.82. The van der Waals surface area contributed by atoms with Crippen LogP contribution in [0.1, 0.15) is 16.2 Å². The molecule has 1 amide bonds. The van der Waals surface area contributed by atoms with Crippen molar-refractivity contribution in [3.8, 4) is 22.8 Å². The van der Waals surface area contributed by atoms with Crippen LogP contribution in [0.25, 0.3) is 22.8 Å². The molecule has 0 aliphatic heterocycles. The Morgan fingerprint density at radius 3 is 2.52 bits per heavy atom. The number of anilines is 1. The maximum atomic E-state index is 12.5. The molecule has 2 N–H and O–H groups in total. The summed E-state index contributed by atoms with van der Waals surface area (Å²) in [4.78, 5) is 25.3. The van der Waals surface area contributed by atoms with Gasteiger partial charge in [0, 0.05) is 17.3 Å². The molecule has 0 radical (unpaired) electrons. The zero-order valence-corrected chi connectivity index (χ0v) is 14.5. The van der Waals surface area contributed by atoms with E-state index in [1.807, 2.05) is 55.5 Å². The van der Waals surface area contributed by atoms with Gasteiger partial charge in [-0.2, -0.15) is 5.10 Å². The number of amides is 1. The fraction of sp³-hybridized carbons (Fsp3) is 0.0500. The molecule has 0 bridgehead atoms. The summed E-state index contributed by atoms with van der Waals surface area (Å²) in [5.74, 6) is 0.827. The average molecular weight is 356 g/mol. The molecule has 4 aromatic rings. The SMILES string of the molecule is Cc1cnc(C(=O)Nc2ccccc2-c2nc(-c3ccccc3)n[nH]2)cn1. The smallest absolute Gasteiger partial charge is 0.275 e. The Morgan fingerprint density at radius 1 is 0.963 bits per heavy atom. The fourth-order valence-electron chi connectivity index (χ4n) is 2.59. The van der Waals surface area contributed by atoms with E-state index in [1.54, 1.807) is 12.3 Å². The molecule has 2 aromatic carbocycles. The van der Waals surface area contributed by atoms with Crippen molar-refractivity contribution in [2.24, 2.45) is 0 Å². The molecule has 7 heteroatoms. The van der Waals surface area contributed by atoms with Crippen LogP contribution in [0.15, 0.2) is 67.0 Å². The number of rotatable bonds is 4. The molecule has 27 heavy (non-hydrogen) atoms. The van der Waals surface area contributed by atoms with E-state index in [2.05, 4.69) is 30.5 Å². The van der Waals surface area contributed by atoms with Gasteiger partial charge in [-0.05, 0) is 19.1 Å². The van der Waals surface area contributed by atoms with E-state index in [4.69, 9.17) is 0 Å². The lowest BCUT2D eigenvalue weighted by molar-refractivity contribution is 0.102. The quantitative estimate of drug-likeness (QED) is 0.583. The number of H-pyrrole nitrogens is 1. The zero-order chi connectivity index (χ0) is 18.6. The summed E-state index contributed by atoms with van der Waals surface area (Å²) in [5.41, 5.74) is 3.26. The van der Waals surface area contributed by atoms with Crippen LogP contribution >= 0.6 is 0 Å². The molecule has 0 saturated heterocycles. The normalized spacial score (nSPS) is 10.6. The van der Waals surface area contributed by atoms with Crippen molar-refractivity contribution in [1.82, 2.24) is 25.1 Å². The molecule has 0 aliphatic rings. The van der Waals surface area contributed by atoms with Crippen LogP contribution in [-0.4, -0.2) is 31.1 Å². The molecule has 0 aliphatic carbocycles. The Labute approximate surface area is 155 Å². The fourth-order valence-corrected chi connectivity index (χ4v) is 2.59. The second-order valence-corrected chi connectivity index (χ2v) is 5.92. The van der Waals surface area contributed by atoms with Gasteiger partial charge in [-0.25, -0.2) is 9.97 Å². The lowest BCUT2D eigenvalue weighted by atomic mass is 10.1. The average Bonchev–Trinajstić information content (AvgIpc) is 3.19. The number of carbonyl (C=O) groups is 1. The molecule has 0 saturated carbocycles. The van der Waals surface area contributed by atoms with Gasteiger partial charge in [0.2, 0.25) is 0 Å². The second kappa shape index (κ2) is 7.17. The summed E-state index contributed by atoms with van der Waals surface area (Å²) in [5, 5.41) is 10.1. The first-order valence-corrected chi connectivity index (χ1v) is 8.38. The largest absolute Gasteiger partial charge is 0.320 e. The number of aromatic amines is 1. The van der Waals surface area contributed by atoms with Gasteiger partial charge in [-0.15, -0.1) is 0 Å². The molecule has 7 nitrogen and oxygen atoms in total. The van der Waals surface area contributed by atoms with Crippen LogP contribution in [0, 0.1) is 6.92 Å². The van der Waals surface area contributed by atoms with Crippen LogP contribution < -0.4 is 5.32 Å². The Hall–Kier alpha value is -3.87. The molecule has 4 rings (SSSR count). The van der Waals surface area contributed by atoms with Gasteiger partial charge in [0.05, 0.1) is 17.6 Å². The number of hydrogen-bond donors (Lipinski definition) is 2. The number of benzene rings is 2. The summed E-state index contributed by atoms with van der Waals surface area (Å²) in [6.07, 6.45) is 3.01. The first kappa shape index (κ1) is 16.6. The highest BCUT2D eigenvalue weighted by molar-refractivity contribution is 6.04. The van der Waals surface area contributed by atoms with Gasteiger partial charge in [-0.1, -0.05) is 42.5 Å². The van der Waals surface area contributed by atoms with Crippen molar-refractivity contribution in [2.75, 3.05) is 5.32 Å². The number of aromatic nitrogens is 5. The van der Waals surface area contributed by atoms with E-state index in [0.29, 0.717) is 17.3 Å². The highest BCUT2D eigenvalue weighted by atomic mass is 16.1. The van der Waals surface area contributed by atoms with Crippen LogP contribution in [0.2, 0.25) is 0 Å². The van der Waals surface area contributed by atoms with Crippen molar-refractivity contribution >= 4 is 11.6 Å². The van der Waals surface area contributed by atoms with Gasteiger partial charge in [0.1, 0.15) is 5.69 Å². The first-order chi connectivity index (χ1) is 13.2. The van der Waals surface area contributed by atoms with E-state index in [9.17, 15) is 4.79 Å². The van der Waals surface area contributed by atoms with Gasteiger partial charge in [0.25, 0.3) is 5.91 Å². The lowest BCUT2D eigenvalue weighted by Crippen LogP contribution is -2.14. The molecule has 0 fully saturated rings. The summed E-state index contributed by atoms with van der Waals surface area (Å²) in [7, 11) is 0. The molecule has 132 valence electrons. The molecule has 0 atom stereocenters. The minimum absolute atomic E-state index is 0.248. The summed E-state index contributed by atoms with van der Waals surface area (Å²) >= 11 is 0. The van der Waals surface area contributed by atoms with Gasteiger partial charge in [-0.3, -0.25) is 14.9 Å². The third kappa shape index (κ3) is 3.57. The number of carbonyl (C=O) groups excluding carboxylic acids is 1. The number of para-hydroxylation sites is 1. The maximum Gasteiger partial charge on any atom is 0.275 e. The van der Waals surface area contributed by atoms with Crippen molar-refractivity contribution in [3.63, 3.8) is 0 Å². The van der Waals surface area contributed by atoms with Gasteiger partial charge >= 0.3 is 0 Å². The standard InChI is InChI=1S/C20H16N6O/c1-13-11-22-17(12-21-13)20(27)23-16-10-6-5-9-15(16)19-24-18(25-26-19)14-7-3-2-4-8-14/h2-12H,1H3,(H,23,27)(H,24,25,26). The maximum absolute atomic E-state index is 12.5. The molecule has 2 heterocycles. The molecular weight excluding hydrogens is 340 g/mol. The van der Waals surface area contributed by atoms with Crippen molar-refractivity contribution in [3.05, 3.63) is 78.4 Å². The Balaban J connectivity index is 1.63. The highest BCUT2D eigenvalue weighted by Gasteiger charge is 2.14. The van der Waals surface area contributed by atoms with Crippen LogP contribution in [-0.2, 0) is 0 Å². The number of nitrogens with one attached hydrogen (secondary N) is 2. The van der Waals surface area contributed by atoms with E-state index in [1.165, 1.54) is 6.20 Å². The van der Waals surface area contributed by atoms with Gasteiger partial charge < -0.3 is 5.32 Å². The van der Waals surface area contributed by atoms with Crippen LogP contribution in [0.5, 0.6) is 0 Å². The lowest BCUT2D eigenvalue weighted by Gasteiger charge is -2.08. The predicted molar refractivity (Wildman–Crippen MR) is 102 cm³/mol. The Morgan fingerprint density at radius 2 is 1.74 bits per heavy atom. The monoisotopic (exact) mass is 356 g/mol. The third-order valence-corrected chi connectivity index (χ3v) is 3.96. The highest BCUT2D eigenvalue weighted by Crippen LogP contribution is 2.27. The van der Waals surface area contributed by atoms with Gasteiger partial charge in [0.15, 0.2) is 11.6 Å². The second-order valence-electron chi connectivity index (χ2n) is 5.92. The molecule has 2 aromatic heterocycles. The van der Waals surface area contributed by atoms with E-state index >= 15 is 0 Å². The zero-order valence-electron chi connectivity index (χ0n) is 14.5. The summed E-state index contributed by atoms with van der Waals surface area (Å²) < 4.78 is 0. The van der Waals surface area contributed by atoms with Crippen LogP contribution in [0.4, 0.5) is 5.69 Å². The van der Waals surface area contributed by atoms with E-state index in [0.717, 1.165) is 16.8 Å². The number of aryl methyl sites for hydroxylation is 1. The Bertz CT molecular complexity index is 1070. The topological polar surface area (TPSA) is 96.5 Å². The third-order valence-electron chi connectivity index (χ3n) is 3.96.